The van der Waals surface area contributed by atoms with Crippen LogP contribution in [0, 0.1) is 21.4 Å². The molecular formula is C13H15N3O3. The highest BCUT2D eigenvalue weighted by Gasteiger charge is 2.26. The number of benzene rings is 1. The molecule has 19 heavy (non-hydrogen) atoms. The molecule has 0 radical (unpaired) electrons. The van der Waals surface area contributed by atoms with Crippen molar-refractivity contribution in [3.05, 3.63) is 33.9 Å². The predicted molar refractivity (Wildman–Crippen MR) is 69.9 cm³/mol. The van der Waals surface area contributed by atoms with Crippen LogP contribution in [0.15, 0.2) is 18.2 Å². The van der Waals surface area contributed by atoms with Crippen molar-refractivity contribution in [1.29, 1.82) is 5.26 Å². The summed E-state index contributed by atoms with van der Waals surface area (Å²) in [7, 11) is 1.68. The minimum absolute atomic E-state index is 0.0556. The molecule has 1 aromatic carbocycles. The number of nitrogens with zero attached hydrogens (tertiary/aromatic N) is 2. The van der Waals surface area contributed by atoms with Crippen LogP contribution >= 0.6 is 0 Å². The van der Waals surface area contributed by atoms with Gasteiger partial charge in [0.05, 0.1) is 22.7 Å². The van der Waals surface area contributed by atoms with Crippen molar-refractivity contribution in [3.63, 3.8) is 0 Å². The van der Waals surface area contributed by atoms with E-state index in [0.717, 1.165) is 19.3 Å². The van der Waals surface area contributed by atoms with Crippen molar-refractivity contribution >= 4 is 11.4 Å². The van der Waals surface area contributed by atoms with E-state index in [2.05, 4.69) is 5.32 Å². The number of hydrogen-bond donors (Lipinski definition) is 1. The Hall–Kier alpha value is -2.13. The van der Waals surface area contributed by atoms with E-state index in [1.165, 1.54) is 6.07 Å². The molecule has 0 spiro atoms. The molecule has 1 fully saturated rings. The van der Waals surface area contributed by atoms with Gasteiger partial charge >= 0.3 is 0 Å². The van der Waals surface area contributed by atoms with Crippen molar-refractivity contribution in [2.45, 2.75) is 31.4 Å². The molecule has 2 unspecified atom stereocenters. The fourth-order valence-electron chi connectivity index (χ4n) is 2.38. The predicted octanol–water partition coefficient (Wildman–Crippen LogP) is 2.45. The third-order valence-electron chi connectivity index (χ3n) is 3.40. The molecule has 1 aliphatic carbocycles. The van der Waals surface area contributed by atoms with Crippen LogP contribution in [0.1, 0.15) is 24.8 Å². The first-order chi connectivity index (χ1) is 9.13. The zero-order valence-electron chi connectivity index (χ0n) is 10.6. The number of nitro benzene ring substituents is 1. The fourth-order valence-corrected chi connectivity index (χ4v) is 2.38. The molecule has 0 bridgehead atoms. The average molecular weight is 261 g/mol. The van der Waals surface area contributed by atoms with E-state index in [9.17, 15) is 10.1 Å². The van der Waals surface area contributed by atoms with Crippen molar-refractivity contribution in [2.75, 3.05) is 12.4 Å². The van der Waals surface area contributed by atoms with Gasteiger partial charge in [0.1, 0.15) is 5.69 Å². The lowest BCUT2D eigenvalue weighted by atomic mass is 10.1. The number of hydrogen-bond acceptors (Lipinski definition) is 5. The average Bonchev–Trinajstić information content (AvgIpc) is 2.86. The van der Waals surface area contributed by atoms with E-state index >= 15 is 0 Å². The molecule has 2 atom stereocenters. The molecule has 0 aromatic heterocycles. The molecule has 6 heteroatoms. The lowest BCUT2D eigenvalue weighted by Gasteiger charge is -2.14. The van der Waals surface area contributed by atoms with Gasteiger partial charge in [-0.05, 0) is 31.4 Å². The lowest BCUT2D eigenvalue weighted by molar-refractivity contribution is -0.384. The van der Waals surface area contributed by atoms with Crippen molar-refractivity contribution < 1.29 is 9.66 Å². The van der Waals surface area contributed by atoms with Gasteiger partial charge in [-0.2, -0.15) is 5.26 Å². The Morgan fingerprint density at radius 2 is 2.32 bits per heavy atom. The normalized spacial score (nSPS) is 21.9. The molecule has 1 aliphatic rings. The van der Waals surface area contributed by atoms with Gasteiger partial charge in [-0.25, -0.2) is 0 Å². The second kappa shape index (κ2) is 5.67. The van der Waals surface area contributed by atoms with Gasteiger partial charge in [-0.3, -0.25) is 10.1 Å². The van der Waals surface area contributed by atoms with Gasteiger partial charge in [0.25, 0.3) is 5.69 Å². The third kappa shape index (κ3) is 3.01. The number of anilines is 1. The summed E-state index contributed by atoms with van der Waals surface area (Å²) in [6, 6.07) is 6.56. The van der Waals surface area contributed by atoms with E-state index in [-0.39, 0.29) is 17.8 Å². The first-order valence-corrected chi connectivity index (χ1v) is 6.12. The minimum atomic E-state index is -0.466. The molecule has 2 rings (SSSR count). The zero-order chi connectivity index (χ0) is 13.8. The van der Waals surface area contributed by atoms with Gasteiger partial charge in [-0.15, -0.1) is 0 Å². The highest BCUT2D eigenvalue weighted by Crippen LogP contribution is 2.30. The summed E-state index contributed by atoms with van der Waals surface area (Å²) < 4.78 is 5.28. The molecule has 6 nitrogen and oxygen atoms in total. The number of ether oxygens (including phenoxy) is 1. The maximum absolute atomic E-state index is 11.0. The zero-order valence-corrected chi connectivity index (χ0v) is 10.6. The Kier molecular flexibility index (Phi) is 3.97. The summed E-state index contributed by atoms with van der Waals surface area (Å²) in [5.41, 5.74) is 0.698. The highest BCUT2D eigenvalue weighted by atomic mass is 16.6. The van der Waals surface area contributed by atoms with Crippen LogP contribution in [0.2, 0.25) is 0 Å². The minimum Gasteiger partial charge on any atom is -0.381 e. The largest absolute Gasteiger partial charge is 0.381 e. The van der Waals surface area contributed by atoms with Crippen LogP contribution in [-0.4, -0.2) is 24.2 Å². The Balaban J connectivity index is 2.16. The highest BCUT2D eigenvalue weighted by molar-refractivity contribution is 5.64. The van der Waals surface area contributed by atoms with Crippen LogP contribution in [0.4, 0.5) is 11.4 Å². The molecule has 0 amide bonds. The van der Waals surface area contributed by atoms with Crippen LogP contribution in [0.25, 0.3) is 0 Å². The molecule has 1 aromatic rings. The van der Waals surface area contributed by atoms with Crippen molar-refractivity contribution in [1.82, 2.24) is 0 Å². The van der Waals surface area contributed by atoms with Crippen molar-refractivity contribution in [3.8, 4) is 6.07 Å². The molecule has 1 saturated carbocycles. The summed E-state index contributed by atoms with van der Waals surface area (Å²) in [4.78, 5) is 10.5. The maximum Gasteiger partial charge on any atom is 0.293 e. The summed E-state index contributed by atoms with van der Waals surface area (Å²) in [5, 5.41) is 23.0. The van der Waals surface area contributed by atoms with Gasteiger partial charge in [0.15, 0.2) is 0 Å². The van der Waals surface area contributed by atoms with Crippen LogP contribution < -0.4 is 5.32 Å². The van der Waals surface area contributed by atoms with E-state index in [0.29, 0.717) is 11.3 Å². The third-order valence-corrected chi connectivity index (χ3v) is 3.40. The van der Waals surface area contributed by atoms with Crippen LogP contribution in [0.5, 0.6) is 0 Å². The van der Waals surface area contributed by atoms with Crippen LogP contribution in [-0.2, 0) is 4.74 Å². The molecular weight excluding hydrogens is 246 g/mol. The quantitative estimate of drug-likeness (QED) is 0.664. The standard InChI is InChI=1S/C13H15N3O3/c1-19-11-4-3-10(7-11)15-12-5-2-9(8-14)6-13(12)16(17)18/h2,5-6,10-11,15H,3-4,7H2,1H3. The summed E-state index contributed by atoms with van der Waals surface area (Å²) in [5.74, 6) is 0. The molecule has 0 aliphatic heterocycles. The van der Waals surface area contributed by atoms with Gasteiger partial charge in [0, 0.05) is 19.2 Å². The monoisotopic (exact) mass is 261 g/mol. The smallest absolute Gasteiger partial charge is 0.293 e. The number of rotatable bonds is 4. The summed E-state index contributed by atoms with van der Waals surface area (Å²) in [6.07, 6.45) is 2.94. The lowest BCUT2D eigenvalue weighted by Crippen LogP contribution is -2.18. The second-order valence-corrected chi connectivity index (χ2v) is 4.61. The number of nitro groups is 1. The van der Waals surface area contributed by atoms with Gasteiger partial charge in [-0.1, -0.05) is 0 Å². The number of nitrogens with one attached hydrogen (secondary N) is 1. The molecule has 0 saturated heterocycles. The van der Waals surface area contributed by atoms with Crippen molar-refractivity contribution in [2.24, 2.45) is 0 Å². The number of methoxy groups -OCH3 is 1. The van der Waals surface area contributed by atoms with Gasteiger partial charge < -0.3 is 10.1 Å². The van der Waals surface area contributed by atoms with Crippen LogP contribution in [0.3, 0.4) is 0 Å². The SMILES string of the molecule is COC1CCC(Nc2ccc(C#N)cc2[N+](=O)[O-])C1. The molecule has 0 heterocycles. The maximum atomic E-state index is 11.0. The Bertz CT molecular complexity index is 524. The van der Waals surface area contributed by atoms with Gasteiger partial charge in [0.2, 0.25) is 0 Å². The van der Waals surface area contributed by atoms with E-state index < -0.39 is 4.92 Å². The Labute approximate surface area is 111 Å². The topological polar surface area (TPSA) is 88.2 Å². The Morgan fingerprint density at radius 3 is 2.89 bits per heavy atom. The molecule has 1 N–H and O–H groups in total. The van der Waals surface area contributed by atoms with E-state index in [4.69, 9.17) is 10.00 Å². The fraction of sp³-hybridized carbons (Fsp3) is 0.462. The molecule has 100 valence electrons. The van der Waals surface area contributed by atoms with E-state index in [1.54, 1.807) is 19.2 Å². The first kappa shape index (κ1) is 13.3. The number of nitriles is 1. The first-order valence-electron chi connectivity index (χ1n) is 6.12. The van der Waals surface area contributed by atoms with E-state index in [1.807, 2.05) is 6.07 Å². The summed E-state index contributed by atoms with van der Waals surface area (Å²) in [6.45, 7) is 0. The Morgan fingerprint density at radius 1 is 1.53 bits per heavy atom. The summed E-state index contributed by atoms with van der Waals surface area (Å²) >= 11 is 0. The second-order valence-electron chi connectivity index (χ2n) is 4.61.